The number of anilines is 1. The van der Waals surface area contributed by atoms with E-state index in [9.17, 15) is 13.6 Å². The number of benzene rings is 1. The maximum atomic E-state index is 13.4. The normalized spacial score (nSPS) is 18.1. The summed E-state index contributed by atoms with van der Waals surface area (Å²) in [7, 11) is 0. The van der Waals surface area contributed by atoms with Gasteiger partial charge in [0, 0.05) is 0 Å². The molecule has 0 radical (unpaired) electrons. The molecular weight excluding hydrogens is 308 g/mol. The van der Waals surface area contributed by atoms with E-state index in [-0.39, 0.29) is 18.0 Å². The van der Waals surface area contributed by atoms with E-state index in [2.05, 4.69) is 10.4 Å². The van der Waals surface area contributed by atoms with E-state index >= 15 is 0 Å². The topological polar surface area (TPSA) is 65.4 Å². The third kappa shape index (κ3) is 3.38. The molecule has 8 heteroatoms. The Balaban J connectivity index is 1.85. The first-order valence-corrected chi connectivity index (χ1v) is 7.08. The van der Waals surface area contributed by atoms with Gasteiger partial charge in [0.1, 0.15) is 5.69 Å². The summed E-state index contributed by atoms with van der Waals surface area (Å²) in [5, 5.41) is 6.40. The highest BCUT2D eigenvalue weighted by molar-refractivity contribution is 5.94. The van der Waals surface area contributed by atoms with Crippen molar-refractivity contribution in [2.24, 2.45) is 0 Å². The number of carbonyl (C=O) groups is 1. The lowest BCUT2D eigenvalue weighted by atomic mass is 10.2. The fourth-order valence-corrected chi connectivity index (χ4v) is 2.29. The fourth-order valence-electron chi connectivity index (χ4n) is 2.29. The lowest BCUT2D eigenvalue weighted by Gasteiger charge is -2.22. The van der Waals surface area contributed by atoms with E-state index in [1.54, 1.807) is 30.3 Å². The van der Waals surface area contributed by atoms with Crippen LogP contribution in [0.2, 0.25) is 0 Å². The second-order valence-electron chi connectivity index (χ2n) is 4.92. The molecule has 1 atom stereocenters. The molecule has 1 aromatic heterocycles. The Bertz CT molecular complexity index is 670. The summed E-state index contributed by atoms with van der Waals surface area (Å²) in [6, 6.07) is 8.53. The summed E-state index contributed by atoms with van der Waals surface area (Å²) in [6.07, 6.45) is -2.40. The predicted molar refractivity (Wildman–Crippen MR) is 77.7 cm³/mol. The van der Waals surface area contributed by atoms with Crippen molar-refractivity contribution < 1.29 is 23.0 Å². The van der Waals surface area contributed by atoms with Gasteiger partial charge in [0.2, 0.25) is 0 Å². The van der Waals surface area contributed by atoms with Crippen molar-refractivity contribution in [3.63, 3.8) is 0 Å². The van der Waals surface area contributed by atoms with E-state index in [1.165, 1.54) is 6.20 Å². The van der Waals surface area contributed by atoms with Gasteiger partial charge in [0.15, 0.2) is 6.10 Å². The average molecular weight is 323 g/mol. The number of ether oxygens (including phenoxy) is 2. The summed E-state index contributed by atoms with van der Waals surface area (Å²) in [5.41, 5.74) is 0.0739. The first-order valence-electron chi connectivity index (χ1n) is 7.08. The Morgan fingerprint density at radius 2 is 2.09 bits per heavy atom. The van der Waals surface area contributed by atoms with Crippen LogP contribution >= 0.6 is 0 Å². The standard InChI is InChI=1S/C15H15F2N3O3/c16-14(17)13-11(19-15(21)12-9-22-6-7-23-12)8-18-20(13)10-4-2-1-3-5-10/h1-5,8,12,14H,6-7,9H2,(H,19,21). The molecule has 122 valence electrons. The number of halogens is 2. The maximum absolute atomic E-state index is 13.4. The van der Waals surface area contributed by atoms with Crippen LogP contribution in [0.1, 0.15) is 12.1 Å². The summed E-state index contributed by atoms with van der Waals surface area (Å²) in [4.78, 5) is 12.1. The molecule has 1 N–H and O–H groups in total. The maximum Gasteiger partial charge on any atom is 0.282 e. The van der Waals surface area contributed by atoms with Crippen LogP contribution in [0.4, 0.5) is 14.5 Å². The van der Waals surface area contributed by atoms with Gasteiger partial charge in [-0.2, -0.15) is 5.10 Å². The molecule has 1 saturated heterocycles. The van der Waals surface area contributed by atoms with Crippen molar-refractivity contribution in [3.05, 3.63) is 42.2 Å². The van der Waals surface area contributed by atoms with Crippen LogP contribution in [-0.2, 0) is 14.3 Å². The number of nitrogens with one attached hydrogen (secondary N) is 1. The summed E-state index contributed by atoms with van der Waals surface area (Å²) >= 11 is 0. The Morgan fingerprint density at radius 1 is 1.30 bits per heavy atom. The minimum atomic E-state index is -2.79. The Kier molecular flexibility index (Phi) is 4.63. The van der Waals surface area contributed by atoms with E-state index in [0.29, 0.717) is 18.9 Å². The van der Waals surface area contributed by atoms with E-state index in [1.807, 2.05) is 0 Å². The molecule has 1 aromatic carbocycles. The summed E-state index contributed by atoms with van der Waals surface area (Å²) in [6.45, 7) is 0.809. The van der Waals surface area contributed by atoms with Crippen molar-refractivity contribution in [2.45, 2.75) is 12.5 Å². The summed E-state index contributed by atoms with van der Waals surface area (Å²) in [5.74, 6) is -0.529. The van der Waals surface area contributed by atoms with E-state index in [4.69, 9.17) is 9.47 Å². The van der Waals surface area contributed by atoms with Gasteiger partial charge < -0.3 is 14.8 Å². The molecule has 3 rings (SSSR count). The van der Waals surface area contributed by atoms with Crippen molar-refractivity contribution in [2.75, 3.05) is 25.1 Å². The minimum Gasteiger partial charge on any atom is -0.376 e. The van der Waals surface area contributed by atoms with Crippen LogP contribution in [-0.4, -0.2) is 41.6 Å². The number of para-hydroxylation sites is 1. The molecule has 1 aliphatic heterocycles. The van der Waals surface area contributed by atoms with Crippen molar-refractivity contribution in [1.29, 1.82) is 0 Å². The number of aromatic nitrogens is 2. The highest BCUT2D eigenvalue weighted by Crippen LogP contribution is 2.29. The molecule has 1 fully saturated rings. The molecule has 2 heterocycles. The van der Waals surface area contributed by atoms with Crippen molar-refractivity contribution >= 4 is 11.6 Å². The molecule has 0 spiro atoms. The second kappa shape index (κ2) is 6.84. The molecule has 1 aliphatic rings. The summed E-state index contributed by atoms with van der Waals surface area (Å²) < 4.78 is 38.4. The Labute approximate surface area is 131 Å². The smallest absolute Gasteiger partial charge is 0.282 e. The first-order chi connectivity index (χ1) is 11.2. The molecule has 1 amide bonds. The monoisotopic (exact) mass is 323 g/mol. The zero-order valence-electron chi connectivity index (χ0n) is 12.1. The number of nitrogens with zero attached hydrogens (tertiary/aromatic N) is 2. The van der Waals surface area contributed by atoms with Crippen LogP contribution in [0.15, 0.2) is 36.5 Å². The largest absolute Gasteiger partial charge is 0.376 e. The highest BCUT2D eigenvalue weighted by Gasteiger charge is 2.27. The van der Waals surface area contributed by atoms with Gasteiger partial charge in [-0.25, -0.2) is 13.5 Å². The number of rotatable bonds is 4. The number of carbonyl (C=O) groups excluding carboxylic acids is 1. The van der Waals surface area contributed by atoms with Gasteiger partial charge in [0.25, 0.3) is 12.3 Å². The van der Waals surface area contributed by atoms with E-state index in [0.717, 1.165) is 4.68 Å². The number of hydrogen-bond donors (Lipinski definition) is 1. The second-order valence-corrected chi connectivity index (χ2v) is 4.92. The molecule has 6 nitrogen and oxygen atoms in total. The van der Waals surface area contributed by atoms with Crippen LogP contribution in [0, 0.1) is 0 Å². The third-order valence-corrected chi connectivity index (χ3v) is 3.38. The lowest BCUT2D eigenvalue weighted by Crippen LogP contribution is -2.39. The van der Waals surface area contributed by atoms with Gasteiger partial charge in [-0.05, 0) is 12.1 Å². The fraction of sp³-hybridized carbons (Fsp3) is 0.333. The third-order valence-electron chi connectivity index (χ3n) is 3.38. The zero-order chi connectivity index (χ0) is 16.2. The first kappa shape index (κ1) is 15.6. The Morgan fingerprint density at radius 3 is 2.74 bits per heavy atom. The van der Waals surface area contributed by atoms with Crippen molar-refractivity contribution in [1.82, 2.24) is 9.78 Å². The number of alkyl halides is 2. The number of amides is 1. The molecule has 0 saturated carbocycles. The highest BCUT2D eigenvalue weighted by atomic mass is 19.3. The molecular formula is C15H15F2N3O3. The molecule has 2 aromatic rings. The van der Waals surface area contributed by atoms with Gasteiger partial charge >= 0.3 is 0 Å². The van der Waals surface area contributed by atoms with Crippen molar-refractivity contribution in [3.8, 4) is 5.69 Å². The van der Waals surface area contributed by atoms with E-state index < -0.39 is 18.4 Å². The predicted octanol–water partition coefficient (Wildman–Crippen LogP) is 2.16. The van der Waals surface area contributed by atoms with Gasteiger partial charge in [0.05, 0.1) is 37.4 Å². The molecule has 0 bridgehead atoms. The molecule has 1 unspecified atom stereocenters. The lowest BCUT2D eigenvalue weighted by molar-refractivity contribution is -0.142. The molecule has 0 aliphatic carbocycles. The SMILES string of the molecule is O=C(Nc1cnn(-c2ccccc2)c1C(F)F)C1COCCO1. The number of hydrogen-bond acceptors (Lipinski definition) is 4. The van der Waals surface area contributed by atoms with Crippen LogP contribution < -0.4 is 5.32 Å². The van der Waals surface area contributed by atoms with Gasteiger partial charge in [-0.1, -0.05) is 18.2 Å². The van der Waals surface area contributed by atoms with Gasteiger partial charge in [-0.15, -0.1) is 0 Å². The minimum absolute atomic E-state index is 0.0389. The van der Waals surface area contributed by atoms with Gasteiger partial charge in [-0.3, -0.25) is 4.79 Å². The quantitative estimate of drug-likeness (QED) is 0.936. The molecule has 23 heavy (non-hydrogen) atoms. The van der Waals surface area contributed by atoms with Crippen LogP contribution in [0.5, 0.6) is 0 Å². The average Bonchev–Trinajstić information content (AvgIpc) is 3.00. The van der Waals surface area contributed by atoms with Crippen LogP contribution in [0.25, 0.3) is 5.69 Å². The Hall–Kier alpha value is -2.32. The van der Waals surface area contributed by atoms with Crippen LogP contribution in [0.3, 0.4) is 0 Å². The zero-order valence-corrected chi connectivity index (χ0v) is 12.1.